The Bertz CT molecular complexity index is 364. The van der Waals surface area contributed by atoms with Crippen molar-refractivity contribution >= 4 is 5.78 Å². The topological polar surface area (TPSA) is 17.1 Å². The number of benzene rings is 1. The van der Waals surface area contributed by atoms with Gasteiger partial charge in [0.05, 0.1) is 0 Å². The van der Waals surface area contributed by atoms with E-state index < -0.39 is 0 Å². The van der Waals surface area contributed by atoms with Gasteiger partial charge in [-0.25, -0.2) is 0 Å². The summed E-state index contributed by atoms with van der Waals surface area (Å²) >= 11 is 0. The fourth-order valence-corrected chi connectivity index (χ4v) is 2.62. The summed E-state index contributed by atoms with van der Waals surface area (Å²) in [5.74, 6) is 1.39. The maximum Gasteiger partial charge on any atom is 0.143 e. The van der Waals surface area contributed by atoms with Gasteiger partial charge in [-0.1, -0.05) is 57.0 Å². The highest BCUT2D eigenvalue weighted by Gasteiger charge is 2.34. The highest BCUT2D eigenvalue weighted by atomic mass is 16.1. The highest BCUT2D eigenvalue weighted by molar-refractivity contribution is 5.88. The van der Waals surface area contributed by atoms with Crippen LogP contribution in [-0.4, -0.2) is 5.78 Å². The van der Waals surface area contributed by atoms with Crippen LogP contribution in [0.5, 0.6) is 0 Å². The van der Waals surface area contributed by atoms with Gasteiger partial charge in [0.25, 0.3) is 0 Å². The van der Waals surface area contributed by atoms with Crippen LogP contribution in [0.2, 0.25) is 0 Å². The molecule has 0 radical (unpaired) electrons. The van der Waals surface area contributed by atoms with Crippen LogP contribution < -0.4 is 0 Å². The molecule has 0 aliphatic heterocycles. The summed E-state index contributed by atoms with van der Waals surface area (Å²) in [5.41, 5.74) is 1.21. The van der Waals surface area contributed by atoms with Crippen LogP contribution in [0.15, 0.2) is 30.3 Å². The van der Waals surface area contributed by atoms with Gasteiger partial charge in [-0.2, -0.15) is 0 Å². The lowest BCUT2D eigenvalue weighted by Crippen LogP contribution is -2.30. The van der Waals surface area contributed by atoms with E-state index in [1.165, 1.54) is 12.0 Å². The average molecular weight is 230 g/mol. The highest BCUT2D eigenvalue weighted by Crippen LogP contribution is 2.37. The predicted octanol–water partition coefficient (Wildman–Crippen LogP) is 4.19. The van der Waals surface area contributed by atoms with E-state index in [4.69, 9.17) is 0 Å². The molecular weight excluding hydrogens is 208 g/mol. The minimum absolute atomic E-state index is 0.117. The molecule has 1 aliphatic rings. The maximum absolute atomic E-state index is 12.5. The number of rotatable bonds is 5. The van der Waals surface area contributed by atoms with Crippen LogP contribution in [0.1, 0.15) is 51.0 Å². The van der Waals surface area contributed by atoms with Crippen molar-refractivity contribution in [2.24, 2.45) is 11.8 Å². The number of carbonyl (C=O) groups is 1. The average Bonchev–Trinajstić information content (AvgIpc) is 2.28. The fraction of sp³-hybridized carbons (Fsp3) is 0.562. The van der Waals surface area contributed by atoms with E-state index in [9.17, 15) is 4.79 Å². The van der Waals surface area contributed by atoms with Crippen molar-refractivity contribution in [3.8, 4) is 0 Å². The van der Waals surface area contributed by atoms with Crippen molar-refractivity contribution in [1.82, 2.24) is 0 Å². The molecule has 1 heteroatoms. The van der Waals surface area contributed by atoms with E-state index >= 15 is 0 Å². The summed E-state index contributed by atoms with van der Waals surface area (Å²) in [7, 11) is 0. The van der Waals surface area contributed by atoms with Crippen LogP contribution in [0.25, 0.3) is 0 Å². The van der Waals surface area contributed by atoms with Gasteiger partial charge in [0.1, 0.15) is 5.78 Å². The van der Waals surface area contributed by atoms with Gasteiger partial charge < -0.3 is 0 Å². The molecule has 0 amide bonds. The first-order valence-corrected chi connectivity index (χ1v) is 6.82. The number of carbonyl (C=O) groups excluding carboxylic acids is 1. The lowest BCUT2D eigenvalue weighted by atomic mass is 9.72. The maximum atomic E-state index is 12.5. The summed E-state index contributed by atoms with van der Waals surface area (Å²) in [6.45, 7) is 4.38. The number of Topliss-reactive ketones (excluding diaryl/α,β-unsaturated/α-hetero) is 1. The Morgan fingerprint density at radius 1 is 1.29 bits per heavy atom. The van der Waals surface area contributed by atoms with E-state index in [1.807, 2.05) is 18.2 Å². The third-order valence-corrected chi connectivity index (χ3v) is 4.19. The molecule has 0 heterocycles. The van der Waals surface area contributed by atoms with Crippen LogP contribution in [-0.2, 0) is 4.79 Å². The van der Waals surface area contributed by atoms with E-state index in [2.05, 4.69) is 26.0 Å². The summed E-state index contributed by atoms with van der Waals surface area (Å²) < 4.78 is 0. The molecule has 1 aromatic rings. The number of hydrogen-bond acceptors (Lipinski definition) is 1. The molecule has 0 spiro atoms. The van der Waals surface area contributed by atoms with E-state index in [-0.39, 0.29) is 5.92 Å². The molecular formula is C16H22O. The van der Waals surface area contributed by atoms with Crippen LogP contribution in [0.4, 0.5) is 0 Å². The van der Waals surface area contributed by atoms with E-state index in [0.29, 0.717) is 17.6 Å². The Morgan fingerprint density at radius 2 is 1.94 bits per heavy atom. The standard InChI is InChI=1S/C16H22O/c1-3-12(2)15(13-8-5-4-6-9-13)16(17)14-10-7-11-14/h4-6,8-9,12,14-15H,3,7,10-11H2,1-2H3. The second kappa shape index (κ2) is 5.48. The molecule has 0 aromatic heterocycles. The normalized spacial score (nSPS) is 19.4. The minimum atomic E-state index is 0.117. The van der Waals surface area contributed by atoms with Gasteiger partial charge in [0.15, 0.2) is 0 Å². The van der Waals surface area contributed by atoms with Gasteiger partial charge in [-0.15, -0.1) is 0 Å². The minimum Gasteiger partial charge on any atom is -0.299 e. The molecule has 1 fully saturated rings. The van der Waals surface area contributed by atoms with Crippen LogP contribution >= 0.6 is 0 Å². The number of ketones is 1. The molecule has 1 saturated carbocycles. The SMILES string of the molecule is CCC(C)C(C(=O)C1CCC1)c1ccccc1. The Labute approximate surface area is 104 Å². The second-order valence-corrected chi connectivity index (χ2v) is 5.30. The summed E-state index contributed by atoms with van der Waals surface area (Å²) in [4.78, 5) is 12.5. The molecule has 92 valence electrons. The first-order valence-electron chi connectivity index (χ1n) is 6.82. The van der Waals surface area contributed by atoms with E-state index in [0.717, 1.165) is 19.3 Å². The van der Waals surface area contributed by atoms with Crippen LogP contribution in [0.3, 0.4) is 0 Å². The zero-order chi connectivity index (χ0) is 12.3. The zero-order valence-corrected chi connectivity index (χ0v) is 10.9. The van der Waals surface area contributed by atoms with Gasteiger partial charge >= 0.3 is 0 Å². The zero-order valence-electron chi connectivity index (χ0n) is 10.9. The molecule has 2 rings (SSSR count). The van der Waals surface area contributed by atoms with Crippen molar-refractivity contribution < 1.29 is 4.79 Å². The number of hydrogen-bond donors (Lipinski definition) is 0. The van der Waals surface area contributed by atoms with Crippen molar-refractivity contribution in [3.05, 3.63) is 35.9 Å². The van der Waals surface area contributed by atoms with Crippen molar-refractivity contribution in [2.45, 2.75) is 45.4 Å². The molecule has 2 atom stereocenters. The second-order valence-electron chi connectivity index (χ2n) is 5.30. The first kappa shape index (κ1) is 12.3. The third kappa shape index (κ3) is 2.59. The Morgan fingerprint density at radius 3 is 2.41 bits per heavy atom. The molecule has 0 saturated heterocycles. The van der Waals surface area contributed by atoms with Crippen molar-refractivity contribution in [1.29, 1.82) is 0 Å². The Hall–Kier alpha value is -1.11. The quantitative estimate of drug-likeness (QED) is 0.741. The Balaban J connectivity index is 2.21. The molecule has 1 aromatic carbocycles. The molecule has 2 unspecified atom stereocenters. The van der Waals surface area contributed by atoms with Gasteiger partial charge in [0, 0.05) is 11.8 Å². The summed E-state index contributed by atoms with van der Waals surface area (Å²) in [5, 5.41) is 0. The van der Waals surface area contributed by atoms with E-state index in [1.54, 1.807) is 0 Å². The third-order valence-electron chi connectivity index (χ3n) is 4.19. The van der Waals surface area contributed by atoms with Crippen molar-refractivity contribution in [2.75, 3.05) is 0 Å². The molecule has 1 nitrogen and oxygen atoms in total. The molecule has 0 N–H and O–H groups in total. The van der Waals surface area contributed by atoms with Crippen molar-refractivity contribution in [3.63, 3.8) is 0 Å². The summed E-state index contributed by atoms with van der Waals surface area (Å²) in [6.07, 6.45) is 4.52. The summed E-state index contributed by atoms with van der Waals surface area (Å²) in [6, 6.07) is 10.3. The first-order chi connectivity index (χ1) is 8.24. The monoisotopic (exact) mass is 230 g/mol. The molecule has 0 bridgehead atoms. The predicted molar refractivity (Wildman–Crippen MR) is 71.0 cm³/mol. The fourth-order valence-electron chi connectivity index (χ4n) is 2.62. The lowest BCUT2D eigenvalue weighted by molar-refractivity contribution is -0.127. The molecule has 17 heavy (non-hydrogen) atoms. The van der Waals surface area contributed by atoms with Gasteiger partial charge in [0.2, 0.25) is 0 Å². The largest absolute Gasteiger partial charge is 0.299 e. The molecule has 1 aliphatic carbocycles. The van der Waals surface area contributed by atoms with Gasteiger partial charge in [-0.05, 0) is 24.3 Å². The van der Waals surface area contributed by atoms with Crippen LogP contribution in [0, 0.1) is 11.8 Å². The van der Waals surface area contributed by atoms with Gasteiger partial charge in [-0.3, -0.25) is 4.79 Å². The Kier molecular flexibility index (Phi) is 3.98. The smallest absolute Gasteiger partial charge is 0.143 e. The lowest BCUT2D eigenvalue weighted by Gasteiger charge is -2.31.